The fourth-order valence-corrected chi connectivity index (χ4v) is 2.88. The molecule has 5 heteroatoms. The van der Waals surface area contributed by atoms with Crippen LogP contribution >= 0.6 is 11.3 Å². The zero-order valence-corrected chi connectivity index (χ0v) is 13.5. The van der Waals surface area contributed by atoms with Crippen LogP contribution in [0.4, 0.5) is 5.69 Å². The van der Waals surface area contributed by atoms with Gasteiger partial charge >= 0.3 is 0 Å². The van der Waals surface area contributed by atoms with E-state index in [1.54, 1.807) is 5.38 Å². The van der Waals surface area contributed by atoms with Gasteiger partial charge in [0.1, 0.15) is 5.69 Å². The molecule has 21 heavy (non-hydrogen) atoms. The quantitative estimate of drug-likeness (QED) is 0.911. The molecule has 0 bridgehead atoms. The van der Waals surface area contributed by atoms with Crippen molar-refractivity contribution in [2.24, 2.45) is 5.73 Å². The first kappa shape index (κ1) is 15.7. The average Bonchev–Trinajstić information content (AvgIpc) is 2.87. The molecule has 2 aromatic rings. The Kier molecular flexibility index (Phi) is 4.75. The molecule has 2 rings (SSSR count). The van der Waals surface area contributed by atoms with Crippen molar-refractivity contribution in [3.05, 3.63) is 45.9 Å². The van der Waals surface area contributed by atoms with Gasteiger partial charge in [0.05, 0.1) is 5.01 Å². The smallest absolute Gasteiger partial charge is 0.275 e. The minimum absolute atomic E-state index is 0.0311. The topological polar surface area (TPSA) is 68.0 Å². The highest BCUT2D eigenvalue weighted by molar-refractivity contribution is 7.09. The minimum Gasteiger partial charge on any atom is -0.330 e. The van der Waals surface area contributed by atoms with Crippen molar-refractivity contribution in [3.63, 3.8) is 0 Å². The molecule has 1 amide bonds. The summed E-state index contributed by atoms with van der Waals surface area (Å²) in [6.45, 7) is 6.92. The predicted molar refractivity (Wildman–Crippen MR) is 88.0 cm³/mol. The Hall–Kier alpha value is -1.72. The van der Waals surface area contributed by atoms with Crippen LogP contribution in [0.5, 0.6) is 0 Å². The van der Waals surface area contributed by atoms with Crippen molar-refractivity contribution in [2.45, 2.75) is 32.6 Å². The van der Waals surface area contributed by atoms with Crippen molar-refractivity contribution in [2.75, 3.05) is 11.9 Å². The lowest BCUT2D eigenvalue weighted by Gasteiger charge is -2.22. The largest absolute Gasteiger partial charge is 0.330 e. The van der Waals surface area contributed by atoms with E-state index in [0.29, 0.717) is 18.7 Å². The first-order valence-corrected chi connectivity index (χ1v) is 7.85. The zero-order valence-electron chi connectivity index (χ0n) is 12.6. The predicted octanol–water partition coefficient (Wildman–Crippen LogP) is 3.19. The molecular formula is C16H21N3OS. The highest BCUT2D eigenvalue weighted by atomic mass is 32.1. The molecular weight excluding hydrogens is 282 g/mol. The van der Waals surface area contributed by atoms with Crippen LogP contribution in [0.25, 0.3) is 0 Å². The highest BCUT2D eigenvalue weighted by Gasteiger charge is 2.19. The number of thiazole rings is 1. The van der Waals surface area contributed by atoms with Crippen LogP contribution < -0.4 is 11.1 Å². The molecule has 0 radical (unpaired) electrons. The number of nitrogens with two attached hydrogens (primary N) is 1. The van der Waals surface area contributed by atoms with Gasteiger partial charge in [-0.1, -0.05) is 39.0 Å². The van der Waals surface area contributed by atoms with Gasteiger partial charge in [0.2, 0.25) is 0 Å². The number of aromatic nitrogens is 1. The number of carbonyl (C=O) groups excluding carboxylic acids is 1. The molecule has 0 aliphatic carbocycles. The van der Waals surface area contributed by atoms with Crippen LogP contribution in [0.15, 0.2) is 29.6 Å². The molecule has 4 nitrogen and oxygen atoms in total. The number of hydrogen-bond acceptors (Lipinski definition) is 4. The third-order valence-corrected chi connectivity index (χ3v) is 4.03. The molecule has 1 aromatic heterocycles. The number of hydrogen-bond donors (Lipinski definition) is 2. The minimum atomic E-state index is -0.175. The molecule has 0 aliphatic heterocycles. The zero-order chi connectivity index (χ0) is 15.5. The van der Waals surface area contributed by atoms with Gasteiger partial charge < -0.3 is 11.1 Å². The monoisotopic (exact) mass is 303 g/mol. The van der Waals surface area contributed by atoms with E-state index in [4.69, 9.17) is 5.73 Å². The number of benzene rings is 1. The van der Waals surface area contributed by atoms with E-state index in [-0.39, 0.29) is 11.3 Å². The second-order valence-electron chi connectivity index (χ2n) is 5.91. The molecule has 0 saturated heterocycles. The number of carbonyl (C=O) groups is 1. The van der Waals surface area contributed by atoms with E-state index in [2.05, 4.69) is 31.1 Å². The summed E-state index contributed by atoms with van der Waals surface area (Å²) in [4.78, 5) is 16.6. The standard InChI is InChI=1S/C16H21N3OS/c1-16(2,3)11-6-4-5-7-12(11)19-15(20)13-10-21-14(18-13)8-9-17/h4-7,10H,8-9,17H2,1-3H3,(H,19,20). The van der Waals surface area contributed by atoms with E-state index in [9.17, 15) is 4.79 Å². The summed E-state index contributed by atoms with van der Waals surface area (Å²) in [5.41, 5.74) is 7.87. The molecule has 0 atom stereocenters. The number of nitrogens with zero attached hydrogens (tertiary/aromatic N) is 1. The summed E-state index contributed by atoms with van der Waals surface area (Å²) in [5, 5.41) is 5.64. The van der Waals surface area contributed by atoms with Crippen LogP contribution in [-0.4, -0.2) is 17.4 Å². The van der Waals surface area contributed by atoms with Crippen molar-refractivity contribution in [3.8, 4) is 0 Å². The van der Waals surface area contributed by atoms with Crippen LogP contribution in [-0.2, 0) is 11.8 Å². The van der Waals surface area contributed by atoms with Crippen LogP contribution in [0.2, 0.25) is 0 Å². The first-order valence-electron chi connectivity index (χ1n) is 6.97. The summed E-state index contributed by atoms with van der Waals surface area (Å²) in [7, 11) is 0. The Morgan fingerprint density at radius 3 is 2.71 bits per heavy atom. The number of anilines is 1. The third-order valence-electron chi connectivity index (χ3n) is 3.13. The maximum Gasteiger partial charge on any atom is 0.275 e. The lowest BCUT2D eigenvalue weighted by Crippen LogP contribution is -2.19. The number of amides is 1. The molecule has 1 aromatic carbocycles. The molecule has 0 spiro atoms. The van der Waals surface area contributed by atoms with Gasteiger partial charge in [-0.25, -0.2) is 4.98 Å². The van der Waals surface area contributed by atoms with Gasteiger partial charge in [0, 0.05) is 17.5 Å². The number of rotatable bonds is 4. The highest BCUT2D eigenvalue weighted by Crippen LogP contribution is 2.29. The van der Waals surface area contributed by atoms with E-state index in [0.717, 1.165) is 16.3 Å². The van der Waals surface area contributed by atoms with Gasteiger partial charge in [-0.2, -0.15) is 0 Å². The number of para-hydroxylation sites is 1. The molecule has 0 fully saturated rings. The second kappa shape index (κ2) is 6.37. The summed E-state index contributed by atoms with van der Waals surface area (Å²) >= 11 is 1.47. The average molecular weight is 303 g/mol. The normalized spacial score (nSPS) is 11.4. The lowest BCUT2D eigenvalue weighted by atomic mass is 9.86. The van der Waals surface area contributed by atoms with Crippen molar-refractivity contribution >= 4 is 22.9 Å². The maximum absolute atomic E-state index is 12.3. The van der Waals surface area contributed by atoms with E-state index >= 15 is 0 Å². The molecule has 3 N–H and O–H groups in total. The SMILES string of the molecule is CC(C)(C)c1ccccc1NC(=O)c1csc(CCN)n1. The van der Waals surface area contributed by atoms with Gasteiger partial charge in [0.25, 0.3) is 5.91 Å². The van der Waals surface area contributed by atoms with Crippen LogP contribution in [0.1, 0.15) is 41.8 Å². The molecule has 112 valence electrons. The first-order chi connectivity index (χ1) is 9.91. The Labute approximate surface area is 129 Å². The molecule has 0 aliphatic rings. The summed E-state index contributed by atoms with van der Waals surface area (Å²) in [6.07, 6.45) is 0.705. The second-order valence-corrected chi connectivity index (χ2v) is 6.86. The van der Waals surface area contributed by atoms with Crippen LogP contribution in [0, 0.1) is 0 Å². The Bertz CT molecular complexity index is 628. The fraction of sp³-hybridized carbons (Fsp3) is 0.375. The summed E-state index contributed by atoms with van der Waals surface area (Å²) in [5.74, 6) is -0.175. The Morgan fingerprint density at radius 2 is 2.05 bits per heavy atom. The van der Waals surface area contributed by atoms with Crippen molar-refractivity contribution < 1.29 is 4.79 Å². The van der Waals surface area contributed by atoms with Gasteiger partial charge in [-0.3, -0.25) is 4.79 Å². The van der Waals surface area contributed by atoms with Crippen LogP contribution in [0.3, 0.4) is 0 Å². The van der Waals surface area contributed by atoms with Gasteiger partial charge in [-0.15, -0.1) is 11.3 Å². The van der Waals surface area contributed by atoms with Gasteiger partial charge in [-0.05, 0) is 23.6 Å². The summed E-state index contributed by atoms with van der Waals surface area (Å²) < 4.78 is 0. The Morgan fingerprint density at radius 1 is 1.33 bits per heavy atom. The molecule has 0 unspecified atom stereocenters. The lowest BCUT2D eigenvalue weighted by molar-refractivity contribution is 0.102. The maximum atomic E-state index is 12.3. The van der Waals surface area contributed by atoms with Crippen molar-refractivity contribution in [1.29, 1.82) is 0 Å². The number of nitrogens with one attached hydrogen (secondary N) is 1. The molecule has 0 saturated carbocycles. The van der Waals surface area contributed by atoms with E-state index < -0.39 is 0 Å². The Balaban J connectivity index is 2.19. The fourth-order valence-electron chi connectivity index (χ4n) is 2.09. The third kappa shape index (κ3) is 3.89. The van der Waals surface area contributed by atoms with Crippen molar-refractivity contribution in [1.82, 2.24) is 4.98 Å². The van der Waals surface area contributed by atoms with E-state index in [1.165, 1.54) is 11.3 Å². The van der Waals surface area contributed by atoms with Gasteiger partial charge in [0.15, 0.2) is 0 Å². The van der Waals surface area contributed by atoms with E-state index in [1.807, 2.05) is 24.3 Å². The summed E-state index contributed by atoms with van der Waals surface area (Å²) in [6, 6.07) is 7.87. The molecule has 1 heterocycles.